The normalized spacial score (nSPS) is 18.2. The van der Waals surface area contributed by atoms with Gasteiger partial charge in [0.1, 0.15) is 17.2 Å². The fraction of sp³-hybridized carbons (Fsp3) is 0.368. The van der Waals surface area contributed by atoms with E-state index in [1.807, 2.05) is 55.5 Å². The molecule has 1 aliphatic heterocycles. The van der Waals surface area contributed by atoms with E-state index >= 15 is 0 Å². The van der Waals surface area contributed by atoms with Gasteiger partial charge in [-0.15, -0.1) is 0 Å². The van der Waals surface area contributed by atoms with Gasteiger partial charge in [0.15, 0.2) is 0 Å². The lowest BCUT2D eigenvalue weighted by molar-refractivity contribution is 0.0703. The van der Waals surface area contributed by atoms with E-state index in [0.717, 1.165) is 54.0 Å². The number of hydrogen-bond donors (Lipinski definition) is 0. The number of benzene rings is 1. The van der Waals surface area contributed by atoms with Crippen molar-refractivity contribution in [3.63, 3.8) is 0 Å². The van der Waals surface area contributed by atoms with Crippen LogP contribution in [0, 0.1) is 6.92 Å². The Bertz CT molecular complexity index is 893. The third-order valence-electron chi connectivity index (χ3n) is 4.82. The second-order valence-corrected chi connectivity index (χ2v) is 6.60. The summed E-state index contributed by atoms with van der Waals surface area (Å²) in [5.41, 5.74) is 1.55. The highest BCUT2D eigenvalue weighted by Crippen LogP contribution is 2.27. The molecule has 1 atom stereocenters. The fourth-order valence-corrected chi connectivity index (χ4v) is 3.63. The standard InChI is InChI=1S/C19H21N3O2/c1-13-10-16-11-14(5-6-17(16)24-13)19(23)22-8-3-4-15(12-22)18-20-7-9-21(18)2/h5-7,9-11,15H,3-4,8,12H2,1-2H3/t15-/m1/s1. The largest absolute Gasteiger partial charge is 0.461 e. The van der Waals surface area contributed by atoms with Gasteiger partial charge in [-0.3, -0.25) is 4.79 Å². The summed E-state index contributed by atoms with van der Waals surface area (Å²) >= 11 is 0. The maximum absolute atomic E-state index is 12.9. The Morgan fingerprint density at radius 3 is 3.00 bits per heavy atom. The van der Waals surface area contributed by atoms with Gasteiger partial charge in [0.05, 0.1) is 0 Å². The van der Waals surface area contributed by atoms with E-state index in [2.05, 4.69) is 9.55 Å². The number of aryl methyl sites for hydroxylation is 2. The van der Waals surface area contributed by atoms with Gasteiger partial charge in [0, 0.05) is 49.4 Å². The minimum Gasteiger partial charge on any atom is -0.461 e. The third-order valence-corrected chi connectivity index (χ3v) is 4.82. The summed E-state index contributed by atoms with van der Waals surface area (Å²) in [4.78, 5) is 19.3. The summed E-state index contributed by atoms with van der Waals surface area (Å²) in [5, 5.41) is 0.982. The van der Waals surface area contributed by atoms with Crippen molar-refractivity contribution in [2.45, 2.75) is 25.7 Å². The fourth-order valence-electron chi connectivity index (χ4n) is 3.63. The first-order valence-electron chi connectivity index (χ1n) is 8.38. The lowest BCUT2D eigenvalue weighted by atomic mass is 9.96. The van der Waals surface area contributed by atoms with Gasteiger partial charge in [-0.05, 0) is 44.0 Å². The predicted octanol–water partition coefficient (Wildman–Crippen LogP) is 3.49. The molecule has 0 spiro atoms. The molecule has 1 aliphatic rings. The van der Waals surface area contributed by atoms with Crippen molar-refractivity contribution in [1.82, 2.24) is 14.5 Å². The minimum absolute atomic E-state index is 0.0923. The van der Waals surface area contributed by atoms with Gasteiger partial charge >= 0.3 is 0 Å². The number of fused-ring (bicyclic) bond motifs is 1. The van der Waals surface area contributed by atoms with Gasteiger partial charge < -0.3 is 13.9 Å². The molecule has 5 nitrogen and oxygen atoms in total. The summed E-state index contributed by atoms with van der Waals surface area (Å²) in [6.07, 6.45) is 5.88. The Balaban J connectivity index is 1.57. The van der Waals surface area contributed by atoms with Crippen molar-refractivity contribution in [3.8, 4) is 0 Å². The molecule has 3 heterocycles. The second-order valence-electron chi connectivity index (χ2n) is 6.60. The Hall–Kier alpha value is -2.56. The molecule has 1 amide bonds. The van der Waals surface area contributed by atoms with Crippen molar-refractivity contribution in [2.75, 3.05) is 13.1 Å². The number of amides is 1. The predicted molar refractivity (Wildman–Crippen MR) is 92.0 cm³/mol. The molecule has 3 aromatic rings. The summed E-state index contributed by atoms with van der Waals surface area (Å²) < 4.78 is 7.65. The van der Waals surface area contributed by atoms with Crippen LogP contribution in [0.1, 0.15) is 40.7 Å². The number of hydrogen-bond acceptors (Lipinski definition) is 3. The summed E-state index contributed by atoms with van der Waals surface area (Å²) in [6, 6.07) is 7.64. The topological polar surface area (TPSA) is 51.3 Å². The molecule has 124 valence electrons. The van der Waals surface area contributed by atoms with E-state index in [0.29, 0.717) is 5.92 Å². The number of piperidine rings is 1. The van der Waals surface area contributed by atoms with E-state index in [-0.39, 0.29) is 5.91 Å². The zero-order chi connectivity index (χ0) is 16.7. The maximum atomic E-state index is 12.9. The first kappa shape index (κ1) is 15.0. The number of furan rings is 1. The Labute approximate surface area is 140 Å². The quantitative estimate of drug-likeness (QED) is 0.725. The molecule has 0 unspecified atom stereocenters. The number of likely N-dealkylation sites (tertiary alicyclic amines) is 1. The van der Waals surface area contributed by atoms with E-state index in [9.17, 15) is 4.79 Å². The van der Waals surface area contributed by atoms with E-state index < -0.39 is 0 Å². The van der Waals surface area contributed by atoms with Crippen molar-refractivity contribution in [3.05, 3.63) is 53.8 Å². The minimum atomic E-state index is 0.0923. The van der Waals surface area contributed by atoms with Crippen LogP contribution in [0.25, 0.3) is 11.0 Å². The van der Waals surface area contributed by atoms with Crippen molar-refractivity contribution >= 4 is 16.9 Å². The van der Waals surface area contributed by atoms with Crippen molar-refractivity contribution in [1.29, 1.82) is 0 Å². The van der Waals surface area contributed by atoms with Gasteiger partial charge in [0.25, 0.3) is 5.91 Å². The molecule has 4 rings (SSSR count). The van der Waals surface area contributed by atoms with Crippen LogP contribution >= 0.6 is 0 Å². The molecular weight excluding hydrogens is 302 g/mol. The van der Waals surface area contributed by atoms with Crippen LogP contribution in [0.3, 0.4) is 0 Å². The number of imidazole rings is 1. The van der Waals surface area contributed by atoms with Crippen LogP contribution in [0.15, 0.2) is 41.1 Å². The Morgan fingerprint density at radius 1 is 1.33 bits per heavy atom. The number of aromatic nitrogens is 2. The van der Waals surface area contributed by atoms with Crippen molar-refractivity contribution in [2.24, 2.45) is 7.05 Å². The first-order chi connectivity index (χ1) is 11.6. The van der Waals surface area contributed by atoms with Crippen LogP contribution in [0.2, 0.25) is 0 Å². The molecule has 24 heavy (non-hydrogen) atoms. The molecule has 1 saturated heterocycles. The highest BCUT2D eigenvalue weighted by molar-refractivity contribution is 5.98. The molecule has 2 aromatic heterocycles. The monoisotopic (exact) mass is 323 g/mol. The Morgan fingerprint density at radius 2 is 2.21 bits per heavy atom. The SMILES string of the molecule is Cc1cc2cc(C(=O)N3CCC[C@@H](c4nccn4C)C3)ccc2o1. The average Bonchev–Trinajstić information content (AvgIpc) is 3.18. The van der Waals surface area contributed by atoms with Crippen LogP contribution in [0.4, 0.5) is 0 Å². The van der Waals surface area contributed by atoms with Crippen LogP contribution < -0.4 is 0 Å². The third kappa shape index (κ3) is 2.60. The van der Waals surface area contributed by atoms with Crippen molar-refractivity contribution < 1.29 is 9.21 Å². The molecule has 0 saturated carbocycles. The van der Waals surface area contributed by atoms with Gasteiger partial charge in [-0.25, -0.2) is 4.98 Å². The number of rotatable bonds is 2. The molecule has 1 fully saturated rings. The molecule has 1 aromatic carbocycles. The average molecular weight is 323 g/mol. The number of carbonyl (C=O) groups excluding carboxylic acids is 1. The first-order valence-corrected chi connectivity index (χ1v) is 8.38. The zero-order valence-corrected chi connectivity index (χ0v) is 14.0. The van der Waals surface area contributed by atoms with E-state index in [1.165, 1.54) is 0 Å². The Kier molecular flexibility index (Phi) is 3.63. The molecule has 0 N–H and O–H groups in total. The molecule has 0 aliphatic carbocycles. The van der Waals surface area contributed by atoms with Crippen LogP contribution in [-0.2, 0) is 7.05 Å². The maximum Gasteiger partial charge on any atom is 0.253 e. The number of nitrogens with zero attached hydrogens (tertiary/aromatic N) is 3. The second kappa shape index (κ2) is 5.82. The van der Waals surface area contributed by atoms with Crippen LogP contribution in [0.5, 0.6) is 0 Å². The van der Waals surface area contributed by atoms with Crippen LogP contribution in [-0.4, -0.2) is 33.4 Å². The smallest absolute Gasteiger partial charge is 0.253 e. The van der Waals surface area contributed by atoms with Gasteiger partial charge in [-0.1, -0.05) is 0 Å². The molecular formula is C19H21N3O2. The van der Waals surface area contributed by atoms with E-state index in [4.69, 9.17) is 4.42 Å². The summed E-state index contributed by atoms with van der Waals surface area (Å²) in [6.45, 7) is 3.46. The highest BCUT2D eigenvalue weighted by atomic mass is 16.3. The summed E-state index contributed by atoms with van der Waals surface area (Å²) in [7, 11) is 2.01. The lowest BCUT2D eigenvalue weighted by Gasteiger charge is -2.32. The molecule has 0 radical (unpaired) electrons. The van der Waals surface area contributed by atoms with Gasteiger partial charge in [-0.2, -0.15) is 0 Å². The number of carbonyl (C=O) groups is 1. The highest BCUT2D eigenvalue weighted by Gasteiger charge is 2.27. The lowest BCUT2D eigenvalue weighted by Crippen LogP contribution is -2.39. The van der Waals surface area contributed by atoms with Gasteiger partial charge in [0.2, 0.25) is 0 Å². The van der Waals surface area contributed by atoms with E-state index in [1.54, 1.807) is 0 Å². The molecule has 0 bridgehead atoms. The zero-order valence-electron chi connectivity index (χ0n) is 14.0. The molecule has 5 heteroatoms. The summed E-state index contributed by atoms with van der Waals surface area (Å²) in [5.74, 6) is 2.33.